The Hall–Kier alpha value is -3.16. The second kappa shape index (κ2) is 9.00. The second-order valence-electron chi connectivity index (χ2n) is 8.74. The zero-order chi connectivity index (χ0) is 22.8. The van der Waals surface area contributed by atoms with Gasteiger partial charge in [0.05, 0.1) is 18.9 Å². The summed E-state index contributed by atoms with van der Waals surface area (Å²) in [6, 6.07) is 19.4. The number of piperidine rings is 1. The number of fused-ring (bicyclic) bond motifs is 1. The Morgan fingerprint density at radius 3 is 2.55 bits per heavy atom. The Morgan fingerprint density at radius 2 is 1.82 bits per heavy atom. The Bertz CT molecular complexity index is 1100. The average molecular weight is 449 g/mol. The molecule has 0 saturated carbocycles. The topological polar surface area (TPSA) is 80.9 Å². The van der Waals surface area contributed by atoms with Gasteiger partial charge in [-0.3, -0.25) is 9.59 Å². The molecule has 7 nitrogen and oxygen atoms in total. The number of para-hydroxylation sites is 1. The molecule has 3 heterocycles. The van der Waals surface area contributed by atoms with Gasteiger partial charge in [0.2, 0.25) is 5.79 Å². The third-order valence-corrected chi connectivity index (χ3v) is 6.51. The Balaban J connectivity index is 1.43. The summed E-state index contributed by atoms with van der Waals surface area (Å²) in [6.07, 6.45) is 0.735. The van der Waals surface area contributed by atoms with Crippen molar-refractivity contribution in [3.63, 3.8) is 0 Å². The predicted molar refractivity (Wildman–Crippen MR) is 123 cm³/mol. The van der Waals surface area contributed by atoms with Crippen LogP contribution in [0.1, 0.15) is 35.8 Å². The molecule has 2 saturated heterocycles. The van der Waals surface area contributed by atoms with Gasteiger partial charge in [0.15, 0.2) is 0 Å². The number of nitrogens with zero attached hydrogens (tertiary/aromatic N) is 1. The maximum Gasteiger partial charge on any atom is 0.302 e. The number of rotatable bonds is 5. The molecule has 33 heavy (non-hydrogen) atoms. The van der Waals surface area contributed by atoms with E-state index in [1.807, 2.05) is 59.5 Å². The Labute approximate surface area is 192 Å². The molecule has 1 aromatic heterocycles. The van der Waals surface area contributed by atoms with Crippen LogP contribution in [-0.2, 0) is 24.8 Å². The van der Waals surface area contributed by atoms with Crippen molar-refractivity contribution in [1.82, 2.24) is 9.88 Å². The normalized spacial score (nSPS) is 22.4. The first-order valence-corrected chi connectivity index (χ1v) is 11.4. The molecule has 5 rings (SSSR count). The van der Waals surface area contributed by atoms with E-state index in [0.29, 0.717) is 44.7 Å². The third kappa shape index (κ3) is 4.38. The van der Waals surface area contributed by atoms with Crippen molar-refractivity contribution < 1.29 is 23.8 Å². The number of ether oxygens (including phenoxy) is 3. The number of likely N-dealkylation sites (tertiary alicyclic amines) is 1. The van der Waals surface area contributed by atoms with E-state index in [4.69, 9.17) is 14.2 Å². The monoisotopic (exact) mass is 448 g/mol. The maximum atomic E-state index is 13.1. The molecule has 2 unspecified atom stereocenters. The summed E-state index contributed by atoms with van der Waals surface area (Å²) in [5, 5.41) is 1.08. The fraction of sp³-hybridized carbons (Fsp3) is 0.385. The lowest BCUT2D eigenvalue weighted by molar-refractivity contribution is -0.195. The SMILES string of the molecule is CC(=O)OC1CCN(C(=O)c2ccccc2)CC1CC1(c2cc3ccccc3[nH]2)OCCO1. The number of carbonyl (C=O) groups excluding carboxylic acids is 2. The zero-order valence-corrected chi connectivity index (χ0v) is 18.7. The van der Waals surface area contributed by atoms with Gasteiger partial charge >= 0.3 is 5.97 Å². The smallest absolute Gasteiger partial charge is 0.302 e. The van der Waals surface area contributed by atoms with Gasteiger partial charge in [0, 0.05) is 49.9 Å². The molecule has 1 amide bonds. The molecule has 172 valence electrons. The van der Waals surface area contributed by atoms with Crippen LogP contribution >= 0.6 is 0 Å². The van der Waals surface area contributed by atoms with Crippen LogP contribution in [-0.4, -0.2) is 54.2 Å². The fourth-order valence-corrected chi connectivity index (χ4v) is 4.98. The highest BCUT2D eigenvalue weighted by molar-refractivity contribution is 5.94. The van der Waals surface area contributed by atoms with Crippen molar-refractivity contribution in [2.24, 2.45) is 5.92 Å². The van der Waals surface area contributed by atoms with Crippen LogP contribution in [0.3, 0.4) is 0 Å². The summed E-state index contributed by atoms with van der Waals surface area (Å²) in [7, 11) is 0. The molecule has 2 atom stereocenters. The van der Waals surface area contributed by atoms with Gasteiger partial charge in [0.1, 0.15) is 6.10 Å². The molecule has 0 radical (unpaired) electrons. The lowest BCUT2D eigenvalue weighted by Gasteiger charge is -2.41. The van der Waals surface area contributed by atoms with Crippen molar-refractivity contribution >= 4 is 22.8 Å². The van der Waals surface area contributed by atoms with Crippen LogP contribution in [0.2, 0.25) is 0 Å². The van der Waals surface area contributed by atoms with E-state index in [1.165, 1.54) is 6.92 Å². The maximum absolute atomic E-state index is 13.1. The number of hydrogen-bond acceptors (Lipinski definition) is 5. The summed E-state index contributed by atoms with van der Waals surface area (Å²) < 4.78 is 18.1. The van der Waals surface area contributed by atoms with Gasteiger partial charge in [-0.05, 0) is 29.7 Å². The molecule has 0 aliphatic carbocycles. The number of hydrogen-bond donors (Lipinski definition) is 1. The van der Waals surface area contributed by atoms with E-state index in [9.17, 15) is 9.59 Å². The standard InChI is InChI=1S/C26H28N2O5/c1-18(29)33-23-11-12-28(25(30)19-7-3-2-4-8-19)17-21(23)16-26(31-13-14-32-26)24-15-20-9-5-6-10-22(20)27-24/h2-10,15,21,23,27H,11-14,16-17H2,1H3. The van der Waals surface area contributed by atoms with E-state index in [-0.39, 0.29) is 23.9 Å². The summed E-state index contributed by atoms with van der Waals surface area (Å²) >= 11 is 0. The van der Waals surface area contributed by atoms with Crippen LogP contribution in [0.15, 0.2) is 60.7 Å². The van der Waals surface area contributed by atoms with Crippen LogP contribution in [0.4, 0.5) is 0 Å². The molecule has 2 aromatic carbocycles. The Morgan fingerprint density at radius 1 is 1.09 bits per heavy atom. The van der Waals surface area contributed by atoms with Crippen LogP contribution in [0, 0.1) is 5.92 Å². The van der Waals surface area contributed by atoms with Crippen molar-refractivity contribution in [2.75, 3.05) is 26.3 Å². The number of esters is 1. The number of benzene rings is 2. The van der Waals surface area contributed by atoms with Crippen LogP contribution < -0.4 is 0 Å². The van der Waals surface area contributed by atoms with Crippen LogP contribution in [0.25, 0.3) is 10.9 Å². The van der Waals surface area contributed by atoms with Gasteiger partial charge in [-0.2, -0.15) is 0 Å². The van der Waals surface area contributed by atoms with Crippen molar-refractivity contribution in [2.45, 2.75) is 31.7 Å². The molecule has 2 fully saturated rings. The third-order valence-electron chi connectivity index (χ3n) is 6.51. The summed E-state index contributed by atoms with van der Waals surface area (Å²) in [5.41, 5.74) is 2.50. The lowest BCUT2D eigenvalue weighted by atomic mass is 9.86. The number of nitrogens with one attached hydrogen (secondary N) is 1. The minimum atomic E-state index is -0.971. The molecule has 3 aromatic rings. The van der Waals surface area contributed by atoms with E-state index >= 15 is 0 Å². The molecule has 7 heteroatoms. The van der Waals surface area contributed by atoms with Gasteiger partial charge in [-0.15, -0.1) is 0 Å². The zero-order valence-electron chi connectivity index (χ0n) is 18.7. The quantitative estimate of drug-likeness (QED) is 0.600. The van der Waals surface area contributed by atoms with E-state index < -0.39 is 5.79 Å². The first-order chi connectivity index (χ1) is 16.0. The van der Waals surface area contributed by atoms with Gasteiger partial charge in [0.25, 0.3) is 5.91 Å². The number of aromatic amines is 1. The molecular weight excluding hydrogens is 420 g/mol. The second-order valence-corrected chi connectivity index (χ2v) is 8.74. The minimum Gasteiger partial charge on any atom is -0.462 e. The largest absolute Gasteiger partial charge is 0.462 e. The van der Waals surface area contributed by atoms with E-state index in [0.717, 1.165) is 16.6 Å². The molecule has 0 bridgehead atoms. The number of H-pyrrole nitrogens is 1. The average Bonchev–Trinajstić information content (AvgIpc) is 3.48. The number of amides is 1. The summed E-state index contributed by atoms with van der Waals surface area (Å²) in [4.78, 5) is 30.2. The lowest BCUT2D eigenvalue weighted by Crippen LogP contribution is -2.49. The van der Waals surface area contributed by atoms with E-state index in [1.54, 1.807) is 0 Å². The Kier molecular flexibility index (Phi) is 5.91. The predicted octanol–water partition coefficient (Wildman–Crippen LogP) is 3.85. The van der Waals surface area contributed by atoms with E-state index in [2.05, 4.69) is 11.1 Å². The number of carbonyl (C=O) groups is 2. The van der Waals surface area contributed by atoms with Gasteiger partial charge < -0.3 is 24.1 Å². The van der Waals surface area contributed by atoms with Gasteiger partial charge in [-0.1, -0.05) is 36.4 Å². The highest BCUT2D eigenvalue weighted by atomic mass is 16.7. The van der Waals surface area contributed by atoms with Crippen molar-refractivity contribution in [1.29, 1.82) is 0 Å². The highest BCUT2D eigenvalue weighted by Crippen LogP contribution is 2.41. The first kappa shape index (κ1) is 21.7. The summed E-state index contributed by atoms with van der Waals surface area (Å²) in [5.74, 6) is -1.45. The summed E-state index contributed by atoms with van der Waals surface area (Å²) in [6.45, 7) is 3.37. The van der Waals surface area contributed by atoms with Crippen molar-refractivity contribution in [3.8, 4) is 0 Å². The molecule has 1 N–H and O–H groups in total. The molecule has 0 spiro atoms. The molecule has 2 aliphatic rings. The number of aromatic nitrogens is 1. The minimum absolute atomic E-state index is 0.0187. The molecular formula is C26H28N2O5. The fourth-order valence-electron chi connectivity index (χ4n) is 4.98. The van der Waals surface area contributed by atoms with Gasteiger partial charge in [-0.25, -0.2) is 0 Å². The van der Waals surface area contributed by atoms with Crippen molar-refractivity contribution in [3.05, 3.63) is 71.9 Å². The molecule has 2 aliphatic heterocycles. The highest BCUT2D eigenvalue weighted by Gasteiger charge is 2.46. The van der Waals surface area contributed by atoms with Crippen LogP contribution in [0.5, 0.6) is 0 Å². The first-order valence-electron chi connectivity index (χ1n) is 11.4.